The largest absolute Gasteiger partial charge is 0.292 e. The van der Waals surface area contributed by atoms with Crippen LogP contribution in [0, 0.1) is 11.6 Å². The van der Waals surface area contributed by atoms with Crippen molar-refractivity contribution in [1.82, 2.24) is 15.0 Å². The van der Waals surface area contributed by atoms with Crippen LogP contribution in [0.3, 0.4) is 0 Å². The highest BCUT2D eigenvalue weighted by Gasteiger charge is 2.12. The minimum atomic E-state index is -0.759. The lowest BCUT2D eigenvalue weighted by molar-refractivity contribution is 0.0983. The first-order valence-electron chi connectivity index (χ1n) is 5.02. The number of ketones is 1. The maximum atomic E-state index is 13.4. The fourth-order valence-electron chi connectivity index (χ4n) is 1.36. The molecule has 6 heteroatoms. The highest BCUT2D eigenvalue weighted by Crippen LogP contribution is 2.14. The molecular weight excluding hydrogens is 228 g/mol. The molecule has 0 aliphatic carbocycles. The summed E-state index contributed by atoms with van der Waals surface area (Å²) in [5.41, 5.74) is 0.213. The van der Waals surface area contributed by atoms with Crippen LogP contribution in [-0.4, -0.2) is 20.8 Å². The predicted octanol–water partition coefficient (Wildman–Crippen LogP) is 2.14. The average molecular weight is 237 g/mol. The molecule has 1 aromatic heterocycles. The smallest absolute Gasteiger partial charge is 0.184 e. The topological polar surface area (TPSA) is 47.8 Å². The summed E-state index contributed by atoms with van der Waals surface area (Å²) in [4.78, 5) is 11.3. The molecule has 0 atom stereocenters. The van der Waals surface area contributed by atoms with Crippen molar-refractivity contribution < 1.29 is 13.6 Å². The molecule has 0 bridgehead atoms. The maximum Gasteiger partial charge on any atom is 0.184 e. The Labute approximate surface area is 95.9 Å². The summed E-state index contributed by atoms with van der Waals surface area (Å²) >= 11 is 0. The number of halogens is 2. The number of rotatable bonds is 3. The van der Waals surface area contributed by atoms with E-state index in [0.29, 0.717) is 6.42 Å². The molecule has 0 spiro atoms. The van der Waals surface area contributed by atoms with Gasteiger partial charge in [0, 0.05) is 12.5 Å². The molecule has 2 rings (SSSR count). The summed E-state index contributed by atoms with van der Waals surface area (Å²) in [6.45, 7) is 1.69. The Morgan fingerprint density at radius 1 is 1.41 bits per heavy atom. The van der Waals surface area contributed by atoms with E-state index in [4.69, 9.17) is 0 Å². The van der Waals surface area contributed by atoms with Gasteiger partial charge in [-0.2, -0.15) is 0 Å². The molecule has 0 fully saturated rings. The lowest BCUT2D eigenvalue weighted by Crippen LogP contribution is -1.99. The molecule has 88 valence electrons. The van der Waals surface area contributed by atoms with Crippen LogP contribution in [0.1, 0.15) is 23.8 Å². The van der Waals surface area contributed by atoms with Gasteiger partial charge < -0.3 is 0 Å². The monoisotopic (exact) mass is 237 g/mol. The second kappa shape index (κ2) is 4.40. The van der Waals surface area contributed by atoms with Crippen molar-refractivity contribution in [2.45, 2.75) is 13.3 Å². The number of carbonyl (C=O) groups is 1. The molecular formula is C11H9F2N3O. The van der Waals surface area contributed by atoms with Crippen molar-refractivity contribution in [3.05, 3.63) is 41.7 Å². The Bertz CT molecular complexity index is 566. The second-order valence-electron chi connectivity index (χ2n) is 3.42. The molecule has 17 heavy (non-hydrogen) atoms. The first-order chi connectivity index (χ1) is 8.11. The summed E-state index contributed by atoms with van der Waals surface area (Å²) in [6.07, 6.45) is 1.62. The van der Waals surface area contributed by atoms with Crippen molar-refractivity contribution in [3.63, 3.8) is 0 Å². The highest BCUT2D eigenvalue weighted by atomic mass is 19.1. The van der Waals surface area contributed by atoms with E-state index in [2.05, 4.69) is 10.3 Å². The molecule has 1 aromatic carbocycles. The molecule has 0 unspecified atom stereocenters. The van der Waals surface area contributed by atoms with Crippen molar-refractivity contribution in [2.24, 2.45) is 0 Å². The Balaban J connectivity index is 2.40. The third-order valence-corrected chi connectivity index (χ3v) is 2.26. The summed E-state index contributed by atoms with van der Waals surface area (Å²) in [6, 6.07) is 3.10. The molecule has 2 aromatic rings. The van der Waals surface area contributed by atoms with Gasteiger partial charge in [0.2, 0.25) is 0 Å². The van der Waals surface area contributed by atoms with Crippen molar-refractivity contribution in [3.8, 4) is 5.69 Å². The minimum Gasteiger partial charge on any atom is -0.292 e. The second-order valence-corrected chi connectivity index (χ2v) is 3.42. The normalized spacial score (nSPS) is 10.5. The summed E-state index contributed by atoms with van der Waals surface area (Å²) < 4.78 is 27.2. The first-order valence-corrected chi connectivity index (χ1v) is 5.02. The number of hydrogen-bond donors (Lipinski definition) is 0. The molecule has 1 heterocycles. The van der Waals surface area contributed by atoms with Crippen LogP contribution in [0.15, 0.2) is 24.4 Å². The SMILES string of the molecule is CCC(=O)c1cn(-c2ccc(F)cc2F)nn1. The molecule has 0 N–H and O–H groups in total. The van der Waals surface area contributed by atoms with Crippen molar-refractivity contribution >= 4 is 5.78 Å². The Hall–Kier alpha value is -2.11. The van der Waals surface area contributed by atoms with Gasteiger partial charge in [0.25, 0.3) is 0 Å². The quantitative estimate of drug-likeness (QED) is 0.768. The van der Waals surface area contributed by atoms with Gasteiger partial charge in [-0.3, -0.25) is 4.79 Å². The van der Waals surface area contributed by atoms with E-state index in [0.717, 1.165) is 16.8 Å². The number of hydrogen-bond acceptors (Lipinski definition) is 3. The van der Waals surface area contributed by atoms with Crippen LogP contribution < -0.4 is 0 Å². The maximum absolute atomic E-state index is 13.4. The number of aromatic nitrogens is 3. The zero-order valence-electron chi connectivity index (χ0n) is 9.02. The Morgan fingerprint density at radius 3 is 2.82 bits per heavy atom. The zero-order chi connectivity index (χ0) is 12.4. The number of benzene rings is 1. The van der Waals surface area contributed by atoms with Crippen LogP contribution in [0.5, 0.6) is 0 Å². The van der Waals surface area contributed by atoms with Crippen molar-refractivity contribution in [1.29, 1.82) is 0 Å². The Kier molecular flexibility index (Phi) is 2.95. The van der Waals surface area contributed by atoms with Gasteiger partial charge in [-0.15, -0.1) is 5.10 Å². The van der Waals surface area contributed by atoms with Gasteiger partial charge in [0.15, 0.2) is 11.6 Å². The first kappa shape index (κ1) is 11.4. The van der Waals surface area contributed by atoms with E-state index < -0.39 is 11.6 Å². The molecule has 0 amide bonds. The van der Waals surface area contributed by atoms with Gasteiger partial charge in [-0.25, -0.2) is 13.5 Å². The lowest BCUT2D eigenvalue weighted by atomic mass is 10.2. The fraction of sp³-hybridized carbons (Fsp3) is 0.182. The average Bonchev–Trinajstić information content (AvgIpc) is 2.77. The van der Waals surface area contributed by atoms with Crippen LogP contribution in [0.2, 0.25) is 0 Å². The van der Waals surface area contributed by atoms with E-state index in [1.165, 1.54) is 12.3 Å². The third kappa shape index (κ3) is 2.20. The van der Waals surface area contributed by atoms with Gasteiger partial charge in [-0.1, -0.05) is 12.1 Å². The number of Topliss-reactive ketones (excluding diaryl/α,β-unsaturated/α-hetero) is 1. The highest BCUT2D eigenvalue weighted by molar-refractivity contribution is 5.93. The fourth-order valence-corrected chi connectivity index (χ4v) is 1.36. The summed E-state index contributed by atoms with van der Waals surface area (Å²) in [5.74, 6) is -1.61. The number of nitrogens with zero attached hydrogens (tertiary/aromatic N) is 3. The van der Waals surface area contributed by atoms with Crippen LogP contribution >= 0.6 is 0 Å². The van der Waals surface area contributed by atoms with E-state index in [1.54, 1.807) is 6.92 Å². The van der Waals surface area contributed by atoms with Crippen LogP contribution in [0.25, 0.3) is 5.69 Å². The van der Waals surface area contributed by atoms with Gasteiger partial charge in [0.05, 0.1) is 6.20 Å². The number of carbonyl (C=O) groups excluding carboxylic acids is 1. The van der Waals surface area contributed by atoms with Gasteiger partial charge in [-0.05, 0) is 12.1 Å². The van der Waals surface area contributed by atoms with E-state index in [9.17, 15) is 13.6 Å². The van der Waals surface area contributed by atoms with E-state index >= 15 is 0 Å². The van der Waals surface area contributed by atoms with Crippen LogP contribution in [-0.2, 0) is 0 Å². The predicted molar refractivity (Wildman–Crippen MR) is 55.9 cm³/mol. The molecule has 0 aliphatic rings. The zero-order valence-corrected chi connectivity index (χ0v) is 9.02. The minimum absolute atomic E-state index is 0.0500. The standard InChI is InChI=1S/C11H9F2N3O/c1-2-11(17)9-6-16(15-14-9)10-4-3-7(12)5-8(10)13/h3-6H,2H2,1H3. The Morgan fingerprint density at radius 2 is 2.18 bits per heavy atom. The van der Waals surface area contributed by atoms with Gasteiger partial charge in [0.1, 0.15) is 17.2 Å². The molecule has 0 aliphatic heterocycles. The third-order valence-electron chi connectivity index (χ3n) is 2.26. The van der Waals surface area contributed by atoms with Crippen LogP contribution in [0.4, 0.5) is 8.78 Å². The molecule has 0 saturated carbocycles. The molecule has 0 saturated heterocycles. The molecule has 4 nitrogen and oxygen atoms in total. The molecule has 0 radical (unpaired) electrons. The lowest BCUT2D eigenvalue weighted by Gasteiger charge is -2.00. The van der Waals surface area contributed by atoms with Crippen molar-refractivity contribution in [2.75, 3.05) is 0 Å². The van der Waals surface area contributed by atoms with Gasteiger partial charge >= 0.3 is 0 Å². The summed E-state index contributed by atoms with van der Waals surface area (Å²) in [5, 5.41) is 7.26. The summed E-state index contributed by atoms with van der Waals surface area (Å²) in [7, 11) is 0. The van der Waals surface area contributed by atoms with E-state index in [-0.39, 0.29) is 17.2 Å². The van der Waals surface area contributed by atoms with E-state index in [1.807, 2.05) is 0 Å².